The lowest BCUT2D eigenvalue weighted by atomic mass is 10.0. The maximum Gasteiger partial charge on any atom is 0.416 e. The smallest absolute Gasteiger partial charge is 0.316 e. The lowest BCUT2D eigenvalue weighted by molar-refractivity contribution is -0.150. The second-order valence-corrected chi connectivity index (χ2v) is 3.29. The molecule has 0 aliphatic carbocycles. The van der Waals surface area contributed by atoms with Crippen molar-refractivity contribution in [1.82, 2.24) is 0 Å². The van der Waals surface area contributed by atoms with Crippen molar-refractivity contribution < 1.29 is 30.7 Å². The van der Waals surface area contributed by atoms with Gasteiger partial charge in [-0.05, 0) is 23.8 Å². The van der Waals surface area contributed by atoms with Crippen molar-refractivity contribution in [3.05, 3.63) is 35.1 Å². The molecule has 0 amide bonds. The van der Waals surface area contributed by atoms with E-state index in [-0.39, 0.29) is 24.5 Å². The third-order valence-corrected chi connectivity index (χ3v) is 1.96. The number of hydrogen-bond acceptors (Lipinski definition) is 1. The Balaban J connectivity index is 0.00000289. The molecule has 104 valence electrons. The van der Waals surface area contributed by atoms with E-state index in [0.29, 0.717) is 6.07 Å². The summed E-state index contributed by atoms with van der Waals surface area (Å²) in [6, 6.07) is -2.04. The molecule has 9 heteroatoms. The van der Waals surface area contributed by atoms with Crippen LogP contribution < -0.4 is 5.73 Å². The van der Waals surface area contributed by atoms with E-state index in [0.717, 1.165) is 0 Å². The van der Waals surface area contributed by atoms with E-state index in [1.165, 1.54) is 0 Å². The van der Waals surface area contributed by atoms with E-state index >= 15 is 0 Å². The molecular weight excluding hydrogens is 291 g/mol. The molecule has 0 saturated heterocycles. The van der Waals surface area contributed by atoms with Gasteiger partial charge < -0.3 is 5.73 Å². The Hall–Kier alpha value is -1.02. The van der Waals surface area contributed by atoms with E-state index in [1.807, 2.05) is 0 Å². The average Bonchev–Trinajstić information content (AvgIpc) is 2.12. The van der Waals surface area contributed by atoms with Gasteiger partial charge in [0.2, 0.25) is 0 Å². The van der Waals surface area contributed by atoms with Crippen molar-refractivity contribution in [3.8, 4) is 0 Å². The molecule has 0 spiro atoms. The molecule has 1 aromatic carbocycles. The normalized spacial score (nSPS) is 14.0. The highest BCUT2D eigenvalue weighted by Crippen LogP contribution is 2.35. The quantitative estimate of drug-likeness (QED) is 0.783. The molecular formula is C9H7ClF7N. The number of alkyl halides is 6. The molecule has 0 heterocycles. The van der Waals surface area contributed by atoms with E-state index in [2.05, 4.69) is 0 Å². The van der Waals surface area contributed by atoms with Gasteiger partial charge in [-0.3, -0.25) is 0 Å². The van der Waals surface area contributed by atoms with Crippen LogP contribution >= 0.6 is 12.4 Å². The molecule has 1 rings (SSSR count). The minimum atomic E-state index is -4.93. The van der Waals surface area contributed by atoms with Crippen molar-refractivity contribution in [1.29, 1.82) is 0 Å². The van der Waals surface area contributed by atoms with Crippen LogP contribution in [0.1, 0.15) is 17.2 Å². The highest BCUT2D eigenvalue weighted by atomic mass is 35.5. The fourth-order valence-electron chi connectivity index (χ4n) is 1.14. The van der Waals surface area contributed by atoms with Crippen LogP contribution in [0.15, 0.2) is 18.2 Å². The summed E-state index contributed by atoms with van der Waals surface area (Å²) in [7, 11) is 0. The van der Waals surface area contributed by atoms with Gasteiger partial charge in [-0.15, -0.1) is 12.4 Å². The first-order valence-electron chi connectivity index (χ1n) is 4.22. The zero-order chi connectivity index (χ0) is 13.4. The minimum Gasteiger partial charge on any atom is -0.316 e. The summed E-state index contributed by atoms with van der Waals surface area (Å²) in [6.45, 7) is 0. The van der Waals surface area contributed by atoms with Crippen LogP contribution in [0.3, 0.4) is 0 Å². The molecule has 1 nitrogen and oxygen atoms in total. The van der Waals surface area contributed by atoms with Crippen LogP contribution in [-0.2, 0) is 6.18 Å². The fourth-order valence-corrected chi connectivity index (χ4v) is 1.14. The highest BCUT2D eigenvalue weighted by molar-refractivity contribution is 5.85. The molecule has 0 fully saturated rings. The van der Waals surface area contributed by atoms with Crippen LogP contribution in [0, 0.1) is 5.82 Å². The first kappa shape index (κ1) is 17.0. The lowest BCUT2D eigenvalue weighted by Crippen LogP contribution is -2.28. The second-order valence-electron chi connectivity index (χ2n) is 3.29. The summed E-state index contributed by atoms with van der Waals surface area (Å²) < 4.78 is 85.9. The van der Waals surface area contributed by atoms with Crippen LogP contribution in [0.5, 0.6) is 0 Å². The van der Waals surface area contributed by atoms with Gasteiger partial charge in [0, 0.05) is 0 Å². The van der Waals surface area contributed by atoms with Gasteiger partial charge >= 0.3 is 12.4 Å². The standard InChI is InChI=1S/C9H6F7N.ClH/c10-6-2-4(7(17)9(14,15)16)1-5(3-6)8(11,12)13;/h1-3,7H,17H2;1H/t7-;/m0./s1. The summed E-state index contributed by atoms with van der Waals surface area (Å²) >= 11 is 0. The Morgan fingerprint density at radius 3 is 1.83 bits per heavy atom. The van der Waals surface area contributed by atoms with Gasteiger partial charge in [-0.2, -0.15) is 26.3 Å². The second kappa shape index (κ2) is 5.31. The zero-order valence-corrected chi connectivity index (χ0v) is 9.26. The molecule has 1 aromatic rings. The summed E-state index contributed by atoms with van der Waals surface area (Å²) in [5.41, 5.74) is 2.22. The summed E-state index contributed by atoms with van der Waals surface area (Å²) in [6.07, 6.45) is -9.86. The number of hydrogen-bond donors (Lipinski definition) is 1. The topological polar surface area (TPSA) is 26.0 Å². The van der Waals surface area contributed by atoms with Crippen molar-refractivity contribution in [3.63, 3.8) is 0 Å². The molecule has 0 bridgehead atoms. The van der Waals surface area contributed by atoms with E-state index < -0.39 is 35.3 Å². The van der Waals surface area contributed by atoms with Gasteiger partial charge in [0.05, 0.1) is 5.56 Å². The number of rotatable bonds is 1. The van der Waals surface area contributed by atoms with Crippen LogP contribution in [0.2, 0.25) is 0 Å². The first-order valence-corrected chi connectivity index (χ1v) is 4.22. The monoisotopic (exact) mass is 297 g/mol. The van der Waals surface area contributed by atoms with Crippen molar-refractivity contribution in [2.45, 2.75) is 18.4 Å². The predicted octanol–water partition coefficient (Wildman–Crippen LogP) is 3.83. The van der Waals surface area contributed by atoms with Crippen molar-refractivity contribution in [2.24, 2.45) is 5.73 Å². The maximum atomic E-state index is 12.8. The molecule has 0 saturated carbocycles. The Morgan fingerprint density at radius 2 is 1.44 bits per heavy atom. The van der Waals surface area contributed by atoms with Gasteiger partial charge in [-0.1, -0.05) is 0 Å². The van der Waals surface area contributed by atoms with Gasteiger partial charge in [-0.25, -0.2) is 4.39 Å². The third kappa shape index (κ3) is 4.02. The number of nitrogens with two attached hydrogens (primary N) is 1. The molecule has 0 radical (unpaired) electrons. The first-order chi connectivity index (χ1) is 7.51. The zero-order valence-electron chi connectivity index (χ0n) is 8.44. The SMILES string of the molecule is Cl.N[C@@H](c1cc(F)cc(C(F)(F)F)c1)C(F)(F)F. The van der Waals surface area contributed by atoms with Crippen LogP contribution in [0.4, 0.5) is 30.7 Å². The minimum absolute atomic E-state index is 0. The van der Waals surface area contributed by atoms with Crippen molar-refractivity contribution in [2.75, 3.05) is 0 Å². The molecule has 0 aliphatic rings. The molecule has 18 heavy (non-hydrogen) atoms. The number of halogens is 8. The Kier molecular flexibility index (Phi) is 5.01. The summed E-state index contributed by atoms with van der Waals surface area (Å²) in [4.78, 5) is 0. The molecule has 1 atom stereocenters. The van der Waals surface area contributed by atoms with Crippen molar-refractivity contribution >= 4 is 12.4 Å². The van der Waals surface area contributed by atoms with Gasteiger partial charge in [0.1, 0.15) is 11.9 Å². The molecule has 2 N–H and O–H groups in total. The van der Waals surface area contributed by atoms with Gasteiger partial charge in [0.15, 0.2) is 0 Å². The maximum absolute atomic E-state index is 12.8. The Morgan fingerprint density at radius 1 is 0.944 bits per heavy atom. The number of benzene rings is 1. The third-order valence-electron chi connectivity index (χ3n) is 1.96. The summed E-state index contributed by atoms with van der Waals surface area (Å²) in [5, 5.41) is 0. The van der Waals surface area contributed by atoms with E-state index in [9.17, 15) is 30.7 Å². The van der Waals surface area contributed by atoms with E-state index in [4.69, 9.17) is 5.73 Å². The highest BCUT2D eigenvalue weighted by Gasteiger charge is 2.39. The fraction of sp³-hybridized carbons (Fsp3) is 0.333. The molecule has 0 aliphatic heterocycles. The molecule has 0 aromatic heterocycles. The molecule has 0 unspecified atom stereocenters. The largest absolute Gasteiger partial charge is 0.416 e. The lowest BCUT2D eigenvalue weighted by Gasteiger charge is -2.17. The van der Waals surface area contributed by atoms with Gasteiger partial charge in [0.25, 0.3) is 0 Å². The van der Waals surface area contributed by atoms with Crippen LogP contribution in [0.25, 0.3) is 0 Å². The summed E-state index contributed by atoms with van der Waals surface area (Å²) in [5.74, 6) is -1.42. The van der Waals surface area contributed by atoms with E-state index in [1.54, 1.807) is 0 Å². The average molecular weight is 298 g/mol. The Bertz CT molecular complexity index is 412. The Labute approximate surface area is 103 Å². The van der Waals surface area contributed by atoms with Crippen LogP contribution in [-0.4, -0.2) is 6.18 Å². The predicted molar refractivity (Wildman–Crippen MR) is 51.6 cm³/mol.